The lowest BCUT2D eigenvalue weighted by atomic mass is 10.1. The van der Waals surface area contributed by atoms with E-state index in [1.54, 1.807) is 12.1 Å². The summed E-state index contributed by atoms with van der Waals surface area (Å²) >= 11 is 5.54. The molecule has 2 saturated heterocycles. The van der Waals surface area contributed by atoms with Crippen molar-refractivity contribution >= 4 is 28.9 Å². The van der Waals surface area contributed by atoms with Crippen LogP contribution in [0.4, 0.5) is 10.1 Å². The van der Waals surface area contributed by atoms with Gasteiger partial charge in [-0.3, -0.25) is 9.69 Å². The zero-order valence-electron chi connectivity index (χ0n) is 17.4. The molecule has 2 heterocycles. The van der Waals surface area contributed by atoms with E-state index in [1.165, 1.54) is 12.1 Å². The summed E-state index contributed by atoms with van der Waals surface area (Å²) in [5.41, 5.74) is 1.51. The molecule has 1 atom stereocenters. The van der Waals surface area contributed by atoms with Crippen LogP contribution in [0.15, 0.2) is 54.6 Å². The molecule has 0 aliphatic carbocycles. The molecule has 2 fully saturated rings. The van der Waals surface area contributed by atoms with E-state index >= 15 is 0 Å². The molecule has 0 spiro atoms. The summed E-state index contributed by atoms with van der Waals surface area (Å²) in [4.78, 5) is 19.0. The topological polar surface area (TPSA) is 48.1 Å². The van der Waals surface area contributed by atoms with Gasteiger partial charge in [0.2, 0.25) is 0 Å². The van der Waals surface area contributed by atoms with Gasteiger partial charge in [-0.05, 0) is 48.6 Å². The lowest BCUT2D eigenvalue weighted by molar-refractivity contribution is -0.0285. The molecule has 6 nitrogen and oxygen atoms in total. The van der Waals surface area contributed by atoms with Gasteiger partial charge >= 0.3 is 0 Å². The number of halogens is 1. The fourth-order valence-electron chi connectivity index (χ4n) is 3.93. The number of hydrogen-bond donors (Lipinski definition) is 1. The van der Waals surface area contributed by atoms with Crippen molar-refractivity contribution in [3.05, 3.63) is 66.0 Å². The Bertz CT molecular complexity index is 888. The zero-order chi connectivity index (χ0) is 21.6. The van der Waals surface area contributed by atoms with Crippen molar-refractivity contribution in [3.63, 3.8) is 0 Å². The minimum Gasteiger partial charge on any atom is -0.373 e. The van der Waals surface area contributed by atoms with Gasteiger partial charge in [0, 0.05) is 57.1 Å². The largest absolute Gasteiger partial charge is 0.373 e. The summed E-state index contributed by atoms with van der Waals surface area (Å²) in [7, 11) is 0. The number of nitrogens with zero attached hydrogens (tertiary/aromatic N) is 3. The second kappa shape index (κ2) is 10.2. The molecular weight excluding hydrogens is 415 g/mol. The Labute approximate surface area is 187 Å². The highest BCUT2D eigenvalue weighted by molar-refractivity contribution is 7.80. The second-order valence-corrected chi connectivity index (χ2v) is 8.22. The van der Waals surface area contributed by atoms with Gasteiger partial charge in [0.05, 0.1) is 12.7 Å². The molecule has 2 aliphatic heterocycles. The highest BCUT2D eigenvalue weighted by Gasteiger charge is 2.27. The Balaban J connectivity index is 1.24. The highest BCUT2D eigenvalue weighted by Crippen LogP contribution is 2.14. The Kier molecular flexibility index (Phi) is 7.11. The molecule has 2 aromatic carbocycles. The van der Waals surface area contributed by atoms with Crippen molar-refractivity contribution in [1.29, 1.82) is 0 Å². The Morgan fingerprint density at radius 2 is 1.71 bits per heavy atom. The fourth-order valence-corrected chi connectivity index (χ4v) is 4.22. The van der Waals surface area contributed by atoms with Crippen LogP contribution in [0.3, 0.4) is 0 Å². The average Bonchev–Trinajstić information content (AvgIpc) is 2.81. The molecule has 1 unspecified atom stereocenters. The molecule has 0 aromatic heterocycles. The quantitative estimate of drug-likeness (QED) is 0.735. The minimum absolute atomic E-state index is 0.0538. The summed E-state index contributed by atoms with van der Waals surface area (Å²) in [5.74, 6) is -0.175. The third-order valence-electron chi connectivity index (χ3n) is 5.66. The number of anilines is 1. The monoisotopic (exact) mass is 442 g/mol. The standard InChI is InChI=1S/C23H27FN4O2S/c24-19-6-8-20(9-7-19)25-23(31)28-14-15-30-21(17-28)16-26-10-12-27(13-11-26)22(29)18-4-2-1-3-5-18/h1-9,21H,10-17H2,(H,25,31). The van der Waals surface area contributed by atoms with Gasteiger partial charge in [-0.15, -0.1) is 0 Å². The number of piperazine rings is 1. The Morgan fingerprint density at radius 1 is 1.00 bits per heavy atom. The van der Waals surface area contributed by atoms with E-state index in [0.717, 1.165) is 37.4 Å². The van der Waals surface area contributed by atoms with Gasteiger partial charge in [-0.2, -0.15) is 0 Å². The zero-order valence-corrected chi connectivity index (χ0v) is 18.2. The van der Waals surface area contributed by atoms with E-state index in [0.29, 0.717) is 31.4 Å². The molecule has 4 rings (SSSR count). The maximum absolute atomic E-state index is 13.1. The number of carbonyl (C=O) groups excluding carboxylic acids is 1. The molecule has 2 aromatic rings. The molecule has 0 bridgehead atoms. The van der Waals surface area contributed by atoms with E-state index < -0.39 is 0 Å². The molecule has 0 saturated carbocycles. The third kappa shape index (κ3) is 5.78. The number of nitrogens with one attached hydrogen (secondary N) is 1. The number of hydrogen-bond acceptors (Lipinski definition) is 4. The third-order valence-corrected chi connectivity index (χ3v) is 6.02. The smallest absolute Gasteiger partial charge is 0.253 e. The van der Waals surface area contributed by atoms with E-state index in [4.69, 9.17) is 17.0 Å². The number of rotatable bonds is 4. The molecule has 1 amide bonds. The van der Waals surface area contributed by atoms with Gasteiger partial charge in [0.15, 0.2) is 5.11 Å². The number of amides is 1. The van der Waals surface area contributed by atoms with Crippen molar-refractivity contribution in [2.24, 2.45) is 0 Å². The minimum atomic E-state index is -0.270. The van der Waals surface area contributed by atoms with Crippen LogP contribution < -0.4 is 5.32 Å². The molecule has 0 radical (unpaired) electrons. The summed E-state index contributed by atoms with van der Waals surface area (Å²) in [5, 5.41) is 3.80. The van der Waals surface area contributed by atoms with Crippen LogP contribution in [0.2, 0.25) is 0 Å². The van der Waals surface area contributed by atoms with Crippen LogP contribution >= 0.6 is 12.2 Å². The summed E-state index contributed by atoms with van der Waals surface area (Å²) in [6.07, 6.45) is 0.0538. The van der Waals surface area contributed by atoms with Crippen LogP contribution in [0, 0.1) is 5.82 Å². The first-order chi connectivity index (χ1) is 15.1. The van der Waals surface area contributed by atoms with Crippen LogP contribution in [-0.4, -0.2) is 84.2 Å². The van der Waals surface area contributed by atoms with Gasteiger partial charge in [-0.25, -0.2) is 4.39 Å². The Hall–Kier alpha value is -2.55. The van der Waals surface area contributed by atoms with Crippen molar-refractivity contribution in [3.8, 4) is 0 Å². The maximum Gasteiger partial charge on any atom is 0.253 e. The molecule has 164 valence electrons. The predicted octanol–water partition coefficient (Wildman–Crippen LogP) is 2.68. The van der Waals surface area contributed by atoms with Crippen LogP contribution in [0.5, 0.6) is 0 Å². The summed E-state index contributed by atoms with van der Waals surface area (Å²) in [6.45, 7) is 5.95. The molecule has 2 aliphatic rings. The first-order valence-corrected chi connectivity index (χ1v) is 11.0. The number of carbonyl (C=O) groups is 1. The second-order valence-electron chi connectivity index (χ2n) is 7.83. The summed E-state index contributed by atoms with van der Waals surface area (Å²) in [6, 6.07) is 15.6. The first kappa shape index (κ1) is 21.7. The van der Waals surface area contributed by atoms with E-state index in [2.05, 4.69) is 15.1 Å². The van der Waals surface area contributed by atoms with Gasteiger partial charge in [0.1, 0.15) is 5.82 Å². The van der Waals surface area contributed by atoms with E-state index in [-0.39, 0.29) is 17.8 Å². The maximum atomic E-state index is 13.1. The summed E-state index contributed by atoms with van der Waals surface area (Å²) < 4.78 is 19.1. The van der Waals surface area contributed by atoms with Gasteiger partial charge < -0.3 is 19.9 Å². The Morgan fingerprint density at radius 3 is 2.42 bits per heavy atom. The van der Waals surface area contributed by atoms with Crippen molar-refractivity contribution in [2.45, 2.75) is 6.10 Å². The predicted molar refractivity (Wildman–Crippen MR) is 123 cm³/mol. The van der Waals surface area contributed by atoms with Gasteiger partial charge in [0.25, 0.3) is 5.91 Å². The normalized spacial score (nSPS) is 19.8. The van der Waals surface area contributed by atoms with Crippen LogP contribution in [0.25, 0.3) is 0 Å². The SMILES string of the molecule is O=C(c1ccccc1)N1CCN(CC2CN(C(=S)Nc3ccc(F)cc3)CCO2)CC1. The van der Waals surface area contributed by atoms with Crippen molar-refractivity contribution in [2.75, 3.05) is 57.7 Å². The van der Waals surface area contributed by atoms with Crippen molar-refractivity contribution in [1.82, 2.24) is 14.7 Å². The number of thiocarbonyl (C=S) groups is 1. The number of ether oxygens (including phenoxy) is 1. The molecule has 1 N–H and O–H groups in total. The van der Waals surface area contributed by atoms with Gasteiger partial charge in [-0.1, -0.05) is 18.2 Å². The van der Waals surface area contributed by atoms with Crippen LogP contribution in [0.1, 0.15) is 10.4 Å². The number of morpholine rings is 1. The number of benzene rings is 2. The average molecular weight is 443 g/mol. The lowest BCUT2D eigenvalue weighted by Gasteiger charge is -2.40. The van der Waals surface area contributed by atoms with E-state index in [1.807, 2.05) is 35.2 Å². The lowest BCUT2D eigenvalue weighted by Crippen LogP contribution is -2.54. The molecular formula is C23H27FN4O2S. The van der Waals surface area contributed by atoms with E-state index in [9.17, 15) is 9.18 Å². The van der Waals surface area contributed by atoms with Crippen LogP contribution in [-0.2, 0) is 4.74 Å². The van der Waals surface area contributed by atoms with Crippen molar-refractivity contribution < 1.29 is 13.9 Å². The molecule has 8 heteroatoms. The fraction of sp³-hybridized carbons (Fsp3) is 0.391. The molecule has 31 heavy (non-hydrogen) atoms. The first-order valence-electron chi connectivity index (χ1n) is 10.6. The highest BCUT2D eigenvalue weighted by atomic mass is 32.1.